The van der Waals surface area contributed by atoms with Gasteiger partial charge in [-0.1, -0.05) is 37.0 Å². The molecule has 4 rings (SSSR count). The van der Waals surface area contributed by atoms with Crippen molar-refractivity contribution in [3.63, 3.8) is 0 Å². The zero-order chi connectivity index (χ0) is 19.5. The maximum absolute atomic E-state index is 13.1. The minimum Gasteiger partial charge on any atom is -0.380 e. The molecule has 148 valence electrons. The number of nitrogens with one attached hydrogen (secondary N) is 2. The third-order valence-corrected chi connectivity index (χ3v) is 6.58. The molecule has 0 radical (unpaired) electrons. The van der Waals surface area contributed by atoms with E-state index in [1.54, 1.807) is 17.3 Å². The Kier molecular flexibility index (Phi) is 5.64. The third-order valence-electron chi connectivity index (χ3n) is 5.25. The summed E-state index contributed by atoms with van der Waals surface area (Å²) in [6.07, 6.45) is 9.70. The van der Waals surface area contributed by atoms with Crippen molar-refractivity contribution in [3.05, 3.63) is 48.3 Å². The largest absolute Gasteiger partial charge is 0.380 e. The molecule has 1 saturated carbocycles. The summed E-state index contributed by atoms with van der Waals surface area (Å²) in [5.74, 6) is 0. The highest BCUT2D eigenvalue weighted by Crippen LogP contribution is 2.34. The molecule has 2 N–H and O–H groups in total. The number of nitrogens with zero attached hydrogens (tertiary/aromatic N) is 2. The number of pyridine rings is 1. The van der Waals surface area contributed by atoms with Crippen molar-refractivity contribution in [2.24, 2.45) is 0 Å². The summed E-state index contributed by atoms with van der Waals surface area (Å²) < 4.78 is 14.8. The predicted octanol–water partition coefficient (Wildman–Crippen LogP) is 4.63. The molecule has 2 aromatic heterocycles. The summed E-state index contributed by atoms with van der Waals surface area (Å²) in [7, 11) is 0.240. The molecule has 1 aromatic carbocycles. The van der Waals surface area contributed by atoms with Gasteiger partial charge in [-0.05, 0) is 38.0 Å². The van der Waals surface area contributed by atoms with Crippen molar-refractivity contribution in [2.75, 3.05) is 17.9 Å². The second-order valence-electron chi connectivity index (χ2n) is 7.27. The standard InChI is InChI=1S/C21H26N4O2S/c1-15-8-10-17(11-9-15)28(26)25-13-12-18-20(23-16-6-4-3-5-7-16)19(24-27-2)14-22-21(18)25/h8-14,16,24H,3-7H2,1-2H3,(H,22,23). The van der Waals surface area contributed by atoms with E-state index in [9.17, 15) is 4.21 Å². The highest BCUT2D eigenvalue weighted by molar-refractivity contribution is 7.83. The second-order valence-corrected chi connectivity index (χ2v) is 8.64. The summed E-state index contributed by atoms with van der Waals surface area (Å²) in [5.41, 5.74) is 6.51. The van der Waals surface area contributed by atoms with E-state index in [2.05, 4.69) is 15.8 Å². The Morgan fingerprint density at radius 2 is 1.89 bits per heavy atom. The zero-order valence-corrected chi connectivity index (χ0v) is 17.1. The fraction of sp³-hybridized carbons (Fsp3) is 0.381. The van der Waals surface area contributed by atoms with Gasteiger partial charge < -0.3 is 5.32 Å². The Morgan fingerprint density at radius 1 is 1.14 bits per heavy atom. The quantitative estimate of drug-likeness (QED) is 0.593. The highest BCUT2D eigenvalue weighted by Gasteiger charge is 2.20. The first-order valence-electron chi connectivity index (χ1n) is 9.72. The molecular formula is C21H26N4O2S. The number of hydrogen-bond donors (Lipinski definition) is 2. The number of fused-ring (bicyclic) bond motifs is 1. The lowest BCUT2D eigenvalue weighted by atomic mass is 9.95. The Morgan fingerprint density at radius 3 is 2.61 bits per heavy atom. The monoisotopic (exact) mass is 398 g/mol. The van der Waals surface area contributed by atoms with Gasteiger partial charge in [0.05, 0.1) is 23.9 Å². The lowest BCUT2D eigenvalue weighted by molar-refractivity contribution is 0.271. The van der Waals surface area contributed by atoms with Crippen LogP contribution in [-0.4, -0.2) is 26.3 Å². The minimum atomic E-state index is -1.35. The molecule has 1 aliphatic carbocycles. The molecule has 7 heteroatoms. The van der Waals surface area contributed by atoms with Gasteiger partial charge in [0.15, 0.2) is 16.6 Å². The number of hydrogen-bond acceptors (Lipinski definition) is 5. The van der Waals surface area contributed by atoms with Crippen molar-refractivity contribution in [2.45, 2.75) is 50.0 Å². The lowest BCUT2D eigenvalue weighted by Crippen LogP contribution is -2.23. The molecule has 1 fully saturated rings. The van der Waals surface area contributed by atoms with E-state index >= 15 is 0 Å². The molecule has 2 heterocycles. The normalized spacial score (nSPS) is 16.2. The first kappa shape index (κ1) is 19.0. The van der Waals surface area contributed by atoms with E-state index in [1.165, 1.54) is 19.3 Å². The smallest absolute Gasteiger partial charge is 0.158 e. The zero-order valence-electron chi connectivity index (χ0n) is 16.3. The first-order valence-corrected chi connectivity index (χ1v) is 10.8. The molecule has 6 nitrogen and oxygen atoms in total. The van der Waals surface area contributed by atoms with Crippen molar-refractivity contribution >= 4 is 33.4 Å². The van der Waals surface area contributed by atoms with Crippen molar-refractivity contribution in [3.8, 4) is 0 Å². The van der Waals surface area contributed by atoms with Crippen molar-refractivity contribution in [1.29, 1.82) is 0 Å². The molecule has 0 amide bonds. The molecule has 1 atom stereocenters. The number of benzene rings is 1. The number of aryl methyl sites for hydroxylation is 1. The van der Waals surface area contributed by atoms with Crippen LogP contribution < -0.4 is 10.8 Å². The maximum Gasteiger partial charge on any atom is 0.158 e. The molecule has 28 heavy (non-hydrogen) atoms. The van der Waals surface area contributed by atoms with Crippen LogP contribution >= 0.6 is 0 Å². The molecule has 3 aromatic rings. The average Bonchev–Trinajstić information content (AvgIpc) is 3.15. The van der Waals surface area contributed by atoms with Crippen LogP contribution in [-0.2, 0) is 15.8 Å². The van der Waals surface area contributed by atoms with Gasteiger partial charge in [0.25, 0.3) is 0 Å². The molecule has 1 unspecified atom stereocenters. The van der Waals surface area contributed by atoms with Gasteiger partial charge in [-0.15, -0.1) is 0 Å². The van der Waals surface area contributed by atoms with Crippen LogP contribution in [0, 0.1) is 6.92 Å². The summed E-state index contributed by atoms with van der Waals surface area (Å²) in [4.78, 5) is 10.5. The van der Waals surface area contributed by atoms with Gasteiger partial charge in [-0.2, -0.15) is 0 Å². The van der Waals surface area contributed by atoms with Gasteiger partial charge in [0.2, 0.25) is 0 Å². The molecule has 0 aliphatic heterocycles. The molecule has 0 saturated heterocycles. The fourth-order valence-corrected chi connectivity index (χ4v) is 4.83. The first-order chi connectivity index (χ1) is 13.7. The van der Waals surface area contributed by atoms with Crippen LogP contribution in [0.3, 0.4) is 0 Å². The van der Waals surface area contributed by atoms with Gasteiger partial charge in [-0.3, -0.25) is 10.3 Å². The van der Waals surface area contributed by atoms with Crippen LogP contribution in [0.25, 0.3) is 11.0 Å². The Labute approximate surface area is 167 Å². The third kappa shape index (κ3) is 3.77. The summed E-state index contributed by atoms with van der Waals surface area (Å²) in [6, 6.07) is 10.2. The molecule has 1 aliphatic rings. The van der Waals surface area contributed by atoms with Crippen LogP contribution in [0.1, 0.15) is 37.7 Å². The summed E-state index contributed by atoms with van der Waals surface area (Å²) in [5, 5.41) is 4.62. The summed E-state index contributed by atoms with van der Waals surface area (Å²) in [6.45, 7) is 2.02. The van der Waals surface area contributed by atoms with E-state index in [-0.39, 0.29) is 0 Å². The van der Waals surface area contributed by atoms with Crippen LogP contribution in [0.15, 0.2) is 47.6 Å². The van der Waals surface area contributed by atoms with E-state index in [0.29, 0.717) is 11.7 Å². The van der Waals surface area contributed by atoms with E-state index < -0.39 is 11.0 Å². The van der Waals surface area contributed by atoms with Crippen molar-refractivity contribution in [1.82, 2.24) is 8.96 Å². The molecule has 0 bridgehead atoms. The topological polar surface area (TPSA) is 68.2 Å². The van der Waals surface area contributed by atoms with Crippen molar-refractivity contribution < 1.29 is 9.05 Å². The lowest BCUT2D eigenvalue weighted by Gasteiger charge is -2.25. The SMILES string of the molecule is CONc1cnc2c(ccn2S(=O)c2ccc(C)cc2)c1NC1CCCCC1. The molecule has 0 spiro atoms. The van der Waals surface area contributed by atoms with Gasteiger partial charge >= 0.3 is 0 Å². The number of anilines is 2. The van der Waals surface area contributed by atoms with Gasteiger partial charge in [0.1, 0.15) is 5.69 Å². The maximum atomic E-state index is 13.1. The highest BCUT2D eigenvalue weighted by atomic mass is 32.2. The second kappa shape index (κ2) is 8.32. The number of aromatic nitrogens is 2. The van der Waals surface area contributed by atoms with Crippen LogP contribution in [0.4, 0.5) is 11.4 Å². The molecular weight excluding hydrogens is 372 g/mol. The Hall–Kier alpha value is -2.38. The van der Waals surface area contributed by atoms with E-state index in [4.69, 9.17) is 4.84 Å². The van der Waals surface area contributed by atoms with Crippen LogP contribution in [0.2, 0.25) is 0 Å². The number of rotatable bonds is 6. The van der Waals surface area contributed by atoms with E-state index in [0.717, 1.165) is 40.1 Å². The summed E-state index contributed by atoms with van der Waals surface area (Å²) >= 11 is 0. The average molecular weight is 399 g/mol. The van der Waals surface area contributed by atoms with E-state index in [1.807, 2.05) is 43.5 Å². The predicted molar refractivity (Wildman–Crippen MR) is 114 cm³/mol. The fourth-order valence-electron chi connectivity index (χ4n) is 3.76. The van der Waals surface area contributed by atoms with Gasteiger partial charge in [-0.25, -0.2) is 13.2 Å². The minimum absolute atomic E-state index is 0.433. The Bertz CT molecular complexity index is 978. The van der Waals surface area contributed by atoms with Crippen LogP contribution in [0.5, 0.6) is 0 Å². The van der Waals surface area contributed by atoms with Gasteiger partial charge in [0, 0.05) is 17.6 Å². The Balaban J connectivity index is 1.73.